The van der Waals surface area contributed by atoms with Crippen molar-refractivity contribution in [3.8, 4) is 0 Å². The summed E-state index contributed by atoms with van der Waals surface area (Å²) in [6.07, 6.45) is -0.689. The number of amides is 4. The summed E-state index contributed by atoms with van der Waals surface area (Å²) in [5.41, 5.74) is -2.36. The molecule has 0 unspecified atom stereocenters. The number of hydrogen-bond donors (Lipinski definition) is 1. The summed E-state index contributed by atoms with van der Waals surface area (Å²) in [6.45, 7) is 12.2. The summed E-state index contributed by atoms with van der Waals surface area (Å²) >= 11 is 0. The Hall–Kier alpha value is -3.46. The first kappa shape index (κ1) is 66.7. The van der Waals surface area contributed by atoms with Crippen molar-refractivity contribution in [2.75, 3.05) is 232 Å². The summed E-state index contributed by atoms with van der Waals surface area (Å²) in [5.74, 6) is -4.85. The molecule has 74 heavy (non-hydrogen) atoms. The molecular weight excluding hydrogens is 993 g/mol. The van der Waals surface area contributed by atoms with E-state index in [1.54, 1.807) is 0 Å². The Morgan fingerprint density at radius 1 is 0.338 bits per heavy atom. The van der Waals surface area contributed by atoms with E-state index in [2.05, 4.69) is 0 Å². The van der Waals surface area contributed by atoms with Gasteiger partial charge in [-0.15, -0.1) is 0 Å². The number of likely N-dealkylation sites (tertiary alicyclic amines) is 2. The Labute approximate surface area is 433 Å². The van der Waals surface area contributed by atoms with Gasteiger partial charge in [0.2, 0.25) is 23.6 Å². The maximum absolute atomic E-state index is 13.1. The summed E-state index contributed by atoms with van der Waals surface area (Å²) in [4.78, 5) is 75.3. The Bertz CT molecular complexity index is 1400. The van der Waals surface area contributed by atoms with Gasteiger partial charge in [-0.2, -0.15) is 0 Å². The van der Waals surface area contributed by atoms with Gasteiger partial charge in [0.25, 0.3) is 5.66 Å². The summed E-state index contributed by atoms with van der Waals surface area (Å²) in [7, 11) is 1.03. The van der Waals surface area contributed by atoms with Crippen LogP contribution in [0.2, 0.25) is 0 Å². The SMILES string of the molecule is COC(=O)C(COCCOCCOCCOCCOCCOCCOCCOCCOCCOCCOCCOCCOCCOCCOCCOCCOCCC(=O)O)(N1C(=O)CCC1=O)N1C(=O)CCC1=O. The molecule has 1 N–H and O–H groups in total. The number of carbonyl (C=O) groups excluding carboxylic acids is 5. The third-order valence-electron chi connectivity index (χ3n) is 10.1. The molecule has 0 atom stereocenters. The molecule has 27 heteroatoms. The molecule has 0 aromatic rings. The van der Waals surface area contributed by atoms with Gasteiger partial charge in [-0.25, -0.2) is 14.6 Å². The van der Waals surface area contributed by atoms with Crippen LogP contribution in [-0.4, -0.2) is 288 Å². The van der Waals surface area contributed by atoms with Crippen LogP contribution in [-0.2, 0) is 114 Å². The first-order valence-corrected chi connectivity index (χ1v) is 25.1. The van der Waals surface area contributed by atoms with Crippen LogP contribution in [0.3, 0.4) is 0 Å². The summed E-state index contributed by atoms with van der Waals surface area (Å²) in [5, 5.41) is 8.51. The Kier molecular flexibility index (Phi) is 42.2. The number of ether oxygens (including phenoxy) is 18. The first-order valence-electron chi connectivity index (χ1n) is 25.1. The Balaban J connectivity index is 1.21. The second-order valence-electron chi connectivity index (χ2n) is 15.5. The van der Waals surface area contributed by atoms with Gasteiger partial charge in [0.1, 0.15) is 6.61 Å². The second kappa shape index (κ2) is 46.8. The highest BCUT2D eigenvalue weighted by Crippen LogP contribution is 2.33. The molecule has 0 aromatic carbocycles. The van der Waals surface area contributed by atoms with Crippen LogP contribution in [0.5, 0.6) is 0 Å². The molecule has 0 spiro atoms. The van der Waals surface area contributed by atoms with Gasteiger partial charge < -0.3 is 90.4 Å². The van der Waals surface area contributed by atoms with Crippen molar-refractivity contribution in [3.05, 3.63) is 0 Å². The predicted molar refractivity (Wildman–Crippen MR) is 253 cm³/mol. The molecular formula is C47H82N2O25. The molecule has 2 heterocycles. The van der Waals surface area contributed by atoms with Gasteiger partial charge in [0.15, 0.2) is 0 Å². The zero-order valence-electron chi connectivity index (χ0n) is 43.2. The number of carboxylic acids is 1. The van der Waals surface area contributed by atoms with Crippen molar-refractivity contribution in [1.29, 1.82) is 0 Å². The van der Waals surface area contributed by atoms with E-state index in [-0.39, 0.29) is 65.1 Å². The summed E-state index contributed by atoms with van der Waals surface area (Å²) in [6, 6.07) is 0. The number of nitrogens with zero attached hydrogens (tertiary/aromatic N) is 2. The number of esters is 1. The van der Waals surface area contributed by atoms with Crippen molar-refractivity contribution >= 4 is 35.6 Å². The molecule has 0 saturated carbocycles. The van der Waals surface area contributed by atoms with Gasteiger partial charge in [-0.3, -0.25) is 24.0 Å². The molecule has 430 valence electrons. The average molecular weight is 1080 g/mol. The maximum atomic E-state index is 13.1. The minimum atomic E-state index is -2.36. The van der Waals surface area contributed by atoms with E-state index in [1.165, 1.54) is 0 Å². The lowest BCUT2D eigenvalue weighted by atomic mass is 10.1. The highest BCUT2D eigenvalue weighted by Gasteiger charge is 2.61. The largest absolute Gasteiger partial charge is 0.481 e. The first-order chi connectivity index (χ1) is 36.3. The number of methoxy groups -OCH3 is 1. The Morgan fingerprint density at radius 3 is 0.689 bits per heavy atom. The fourth-order valence-corrected chi connectivity index (χ4v) is 6.50. The van der Waals surface area contributed by atoms with Gasteiger partial charge in [-0.05, 0) is 0 Å². The molecule has 2 saturated heterocycles. The number of aliphatic carboxylic acids is 1. The molecule has 0 aromatic heterocycles. The zero-order valence-corrected chi connectivity index (χ0v) is 43.2. The van der Waals surface area contributed by atoms with E-state index < -0.39 is 47.8 Å². The van der Waals surface area contributed by atoms with E-state index in [4.69, 9.17) is 90.4 Å². The molecule has 2 rings (SSSR count). The van der Waals surface area contributed by atoms with Crippen molar-refractivity contribution < 1.29 is 119 Å². The van der Waals surface area contributed by atoms with Gasteiger partial charge in [-0.1, -0.05) is 0 Å². The van der Waals surface area contributed by atoms with Crippen molar-refractivity contribution in [2.24, 2.45) is 0 Å². The van der Waals surface area contributed by atoms with Gasteiger partial charge in [0.05, 0.1) is 232 Å². The van der Waals surface area contributed by atoms with Gasteiger partial charge in [0, 0.05) is 25.7 Å². The molecule has 0 aliphatic carbocycles. The van der Waals surface area contributed by atoms with E-state index in [1.807, 2.05) is 0 Å². The van der Waals surface area contributed by atoms with Crippen LogP contribution in [0.25, 0.3) is 0 Å². The molecule has 0 radical (unpaired) electrons. The predicted octanol–water partition coefficient (Wildman–Crippen LogP) is -1.09. The molecule has 0 bridgehead atoms. The lowest BCUT2D eigenvalue weighted by Crippen LogP contribution is -2.71. The van der Waals surface area contributed by atoms with Crippen LogP contribution in [0, 0.1) is 0 Å². The molecule has 4 amide bonds. The quantitative estimate of drug-likeness (QED) is 0.0430. The highest BCUT2D eigenvalue weighted by atomic mass is 16.6. The number of imide groups is 2. The van der Waals surface area contributed by atoms with Crippen LogP contribution < -0.4 is 0 Å². The van der Waals surface area contributed by atoms with Crippen molar-refractivity contribution in [3.63, 3.8) is 0 Å². The lowest BCUT2D eigenvalue weighted by molar-refractivity contribution is -0.192. The fourth-order valence-electron chi connectivity index (χ4n) is 6.50. The number of carbonyl (C=O) groups is 6. The number of carboxylic acid groups (broad SMARTS) is 1. The molecule has 2 fully saturated rings. The van der Waals surface area contributed by atoms with Crippen LogP contribution in [0.4, 0.5) is 0 Å². The van der Waals surface area contributed by atoms with Crippen LogP contribution in [0.15, 0.2) is 0 Å². The number of rotatable bonds is 56. The van der Waals surface area contributed by atoms with E-state index in [0.29, 0.717) is 195 Å². The van der Waals surface area contributed by atoms with Crippen LogP contribution in [0.1, 0.15) is 32.1 Å². The molecule has 27 nitrogen and oxygen atoms in total. The van der Waals surface area contributed by atoms with Crippen molar-refractivity contribution in [1.82, 2.24) is 9.80 Å². The van der Waals surface area contributed by atoms with Crippen LogP contribution >= 0.6 is 0 Å². The third-order valence-corrected chi connectivity index (χ3v) is 10.1. The smallest absolute Gasteiger partial charge is 0.356 e. The normalized spacial score (nSPS) is 14.1. The number of hydrogen-bond acceptors (Lipinski definition) is 24. The van der Waals surface area contributed by atoms with Crippen molar-refractivity contribution in [2.45, 2.75) is 37.8 Å². The zero-order chi connectivity index (χ0) is 53.4. The molecule has 2 aliphatic rings. The van der Waals surface area contributed by atoms with Gasteiger partial charge >= 0.3 is 11.9 Å². The van der Waals surface area contributed by atoms with E-state index in [9.17, 15) is 28.8 Å². The second-order valence-corrected chi connectivity index (χ2v) is 15.5. The standard InChI is InChI=1S/C47H82N2O25/c1-57-46(56)47(48-41(50)2-3-42(48)51,49-43(52)4-5-44(49)53)40-74-39-38-73-37-36-72-35-34-71-33-32-70-31-30-69-29-28-68-27-26-67-25-24-66-23-22-65-21-20-64-19-18-63-17-16-62-15-14-61-13-12-60-11-10-59-9-8-58-7-6-45(54)55/h2-40H2,1H3,(H,54,55). The van der Waals surface area contributed by atoms with E-state index >= 15 is 0 Å². The minimum Gasteiger partial charge on any atom is -0.481 e. The highest BCUT2D eigenvalue weighted by molar-refractivity contribution is 6.12. The topological polar surface area (TPSA) is 295 Å². The minimum absolute atomic E-state index is 0.0158. The fraction of sp³-hybridized carbons (Fsp3) is 0.872. The lowest BCUT2D eigenvalue weighted by Gasteiger charge is -2.42. The third kappa shape index (κ3) is 32.2. The monoisotopic (exact) mass is 1070 g/mol. The average Bonchev–Trinajstić information content (AvgIpc) is 3.92. The Morgan fingerprint density at radius 2 is 0.514 bits per heavy atom. The molecule has 2 aliphatic heterocycles. The maximum Gasteiger partial charge on any atom is 0.356 e. The van der Waals surface area contributed by atoms with E-state index in [0.717, 1.165) is 7.11 Å². The summed E-state index contributed by atoms with van der Waals surface area (Å²) < 4.78 is 97.6.